The first-order valence-electron chi connectivity index (χ1n) is 6.96. The number of aromatic nitrogens is 2. The number of thioether (sulfide) groups is 1. The number of carbonyl (C=O) groups excluding carboxylic acids is 1. The number of ether oxygens (including phenoxy) is 1. The van der Waals surface area contributed by atoms with Gasteiger partial charge in [0.05, 0.1) is 29.6 Å². The molecule has 8 heteroatoms. The molecule has 0 bridgehead atoms. The summed E-state index contributed by atoms with van der Waals surface area (Å²) in [4.78, 5) is 19.8. The predicted octanol–water partition coefficient (Wildman–Crippen LogP) is 4.83. The van der Waals surface area contributed by atoms with Crippen molar-refractivity contribution in [1.82, 2.24) is 9.97 Å². The van der Waals surface area contributed by atoms with Crippen LogP contribution < -0.4 is 10.1 Å². The molecule has 0 spiro atoms. The molecule has 3 aromatic rings. The Bertz CT molecular complexity index is 898. The molecule has 1 amide bonds. The largest absolute Gasteiger partial charge is 0.497 e. The zero-order valence-corrected chi connectivity index (χ0v) is 16.6. The number of carbonyl (C=O) groups is 1. The third kappa shape index (κ3) is 4.12. The van der Waals surface area contributed by atoms with Gasteiger partial charge in [0.2, 0.25) is 5.91 Å². The lowest BCUT2D eigenvalue weighted by atomic mass is 10.3. The second-order valence-corrected chi connectivity index (χ2v) is 7.62. The highest BCUT2D eigenvalue weighted by Crippen LogP contribution is 2.27. The molecule has 0 aliphatic rings. The monoisotopic (exact) mass is 469 g/mol. The maximum atomic E-state index is 12.1. The lowest BCUT2D eigenvalue weighted by molar-refractivity contribution is -0.113. The minimum absolute atomic E-state index is 0.100. The van der Waals surface area contributed by atoms with Crippen molar-refractivity contribution in [3.8, 4) is 5.75 Å². The summed E-state index contributed by atoms with van der Waals surface area (Å²) in [6.07, 6.45) is 0. The molecule has 0 atom stereocenters. The van der Waals surface area contributed by atoms with Gasteiger partial charge < -0.3 is 15.0 Å². The molecule has 3 rings (SSSR count). The van der Waals surface area contributed by atoms with Crippen molar-refractivity contribution in [2.75, 3.05) is 18.2 Å². The van der Waals surface area contributed by atoms with E-state index >= 15 is 0 Å². The van der Waals surface area contributed by atoms with E-state index in [1.807, 2.05) is 36.4 Å². The van der Waals surface area contributed by atoms with Crippen molar-refractivity contribution in [2.24, 2.45) is 0 Å². The van der Waals surface area contributed by atoms with E-state index in [9.17, 15) is 4.79 Å². The minimum Gasteiger partial charge on any atom is -0.497 e. The number of fused-ring (bicyclic) bond motifs is 1. The molecule has 24 heavy (non-hydrogen) atoms. The van der Waals surface area contributed by atoms with Gasteiger partial charge in [0, 0.05) is 15.0 Å². The Kier molecular flexibility index (Phi) is 5.47. The summed E-state index contributed by atoms with van der Waals surface area (Å²) >= 11 is 8.16. The first kappa shape index (κ1) is 17.3. The Hall–Kier alpha value is -1.51. The number of nitrogens with one attached hydrogen (secondary N) is 2. The molecule has 2 N–H and O–H groups in total. The summed E-state index contributed by atoms with van der Waals surface area (Å²) < 4.78 is 6.93. The van der Waals surface area contributed by atoms with Crippen LogP contribution >= 0.6 is 43.6 Å². The fourth-order valence-corrected chi connectivity index (χ4v) is 3.47. The van der Waals surface area contributed by atoms with Crippen LogP contribution in [0.4, 0.5) is 5.69 Å². The van der Waals surface area contributed by atoms with Gasteiger partial charge in [0.15, 0.2) is 5.16 Å². The highest BCUT2D eigenvalue weighted by Gasteiger charge is 2.10. The van der Waals surface area contributed by atoms with E-state index < -0.39 is 0 Å². The van der Waals surface area contributed by atoms with Crippen molar-refractivity contribution in [2.45, 2.75) is 5.16 Å². The fraction of sp³-hybridized carbons (Fsp3) is 0.125. The number of rotatable bonds is 5. The van der Waals surface area contributed by atoms with Crippen molar-refractivity contribution in [3.05, 3.63) is 45.3 Å². The topological polar surface area (TPSA) is 67.0 Å². The van der Waals surface area contributed by atoms with Crippen LogP contribution in [0.5, 0.6) is 5.75 Å². The van der Waals surface area contributed by atoms with Gasteiger partial charge in [-0.15, -0.1) is 0 Å². The zero-order chi connectivity index (χ0) is 17.1. The van der Waals surface area contributed by atoms with E-state index in [-0.39, 0.29) is 11.7 Å². The number of nitrogens with zero attached hydrogens (tertiary/aromatic N) is 1. The third-order valence-electron chi connectivity index (χ3n) is 3.21. The molecule has 5 nitrogen and oxygen atoms in total. The summed E-state index contributed by atoms with van der Waals surface area (Å²) in [6.45, 7) is 0. The Morgan fingerprint density at radius 2 is 2.12 bits per heavy atom. The van der Waals surface area contributed by atoms with Gasteiger partial charge in [-0.25, -0.2) is 4.98 Å². The fourth-order valence-electron chi connectivity index (χ4n) is 2.07. The smallest absolute Gasteiger partial charge is 0.234 e. The van der Waals surface area contributed by atoms with Crippen LogP contribution in [0.15, 0.2) is 50.5 Å². The zero-order valence-electron chi connectivity index (χ0n) is 12.6. The van der Waals surface area contributed by atoms with E-state index in [4.69, 9.17) is 4.74 Å². The van der Waals surface area contributed by atoms with E-state index in [1.165, 1.54) is 11.8 Å². The molecular weight excluding hydrogens is 458 g/mol. The number of aromatic amines is 1. The number of imidazole rings is 1. The van der Waals surface area contributed by atoms with E-state index in [1.54, 1.807) is 7.11 Å². The predicted molar refractivity (Wildman–Crippen MR) is 104 cm³/mol. The Labute approximate surface area is 159 Å². The third-order valence-corrected chi connectivity index (χ3v) is 5.27. The molecule has 1 heterocycles. The van der Waals surface area contributed by atoms with Crippen LogP contribution in [0, 0.1) is 0 Å². The molecular formula is C16H13Br2N3O2S. The summed E-state index contributed by atoms with van der Waals surface area (Å²) in [5.74, 6) is 0.924. The standard InChI is InChI=1S/C16H13Br2N3O2S/c1-23-10-3-5-12-14(7-10)21-16(20-12)24-8-15(22)19-13-6-9(17)2-4-11(13)18/h2-7H,8H2,1H3,(H,19,22)(H,20,21). The van der Waals surface area contributed by atoms with Gasteiger partial charge in [-0.1, -0.05) is 27.7 Å². The number of halogens is 2. The second kappa shape index (κ2) is 7.58. The van der Waals surface area contributed by atoms with Gasteiger partial charge in [0.1, 0.15) is 5.75 Å². The molecule has 0 radical (unpaired) electrons. The average molecular weight is 471 g/mol. The molecule has 0 unspecified atom stereocenters. The van der Waals surface area contributed by atoms with E-state index in [2.05, 4.69) is 47.1 Å². The van der Waals surface area contributed by atoms with Crippen LogP contribution in [0.25, 0.3) is 11.0 Å². The van der Waals surface area contributed by atoms with Gasteiger partial charge in [-0.3, -0.25) is 4.79 Å². The van der Waals surface area contributed by atoms with Crippen LogP contribution in [0.1, 0.15) is 0 Å². The Morgan fingerprint density at radius 3 is 2.92 bits per heavy atom. The molecule has 0 fully saturated rings. The highest BCUT2D eigenvalue weighted by molar-refractivity contribution is 9.11. The van der Waals surface area contributed by atoms with E-state index in [0.29, 0.717) is 5.16 Å². The van der Waals surface area contributed by atoms with Crippen LogP contribution in [0.3, 0.4) is 0 Å². The molecule has 124 valence electrons. The maximum Gasteiger partial charge on any atom is 0.234 e. The lowest BCUT2D eigenvalue weighted by Gasteiger charge is -2.07. The van der Waals surface area contributed by atoms with Crippen molar-refractivity contribution < 1.29 is 9.53 Å². The van der Waals surface area contributed by atoms with Gasteiger partial charge in [-0.05, 0) is 46.3 Å². The molecule has 0 aliphatic carbocycles. The van der Waals surface area contributed by atoms with Crippen molar-refractivity contribution in [3.63, 3.8) is 0 Å². The number of benzene rings is 2. The summed E-state index contributed by atoms with van der Waals surface area (Å²) in [7, 11) is 1.62. The Morgan fingerprint density at radius 1 is 1.29 bits per heavy atom. The SMILES string of the molecule is COc1ccc2nc(SCC(=O)Nc3cc(Br)ccc3Br)[nH]c2c1. The van der Waals surface area contributed by atoms with Crippen LogP contribution in [0.2, 0.25) is 0 Å². The minimum atomic E-state index is -0.100. The first-order chi connectivity index (χ1) is 11.5. The number of anilines is 1. The summed E-state index contributed by atoms with van der Waals surface area (Å²) in [5.41, 5.74) is 2.45. The quantitative estimate of drug-likeness (QED) is 0.524. The summed E-state index contributed by atoms with van der Waals surface area (Å²) in [5, 5.41) is 3.57. The number of hydrogen-bond acceptors (Lipinski definition) is 4. The number of methoxy groups -OCH3 is 1. The van der Waals surface area contributed by atoms with Gasteiger partial charge >= 0.3 is 0 Å². The molecule has 0 aliphatic heterocycles. The van der Waals surface area contributed by atoms with E-state index in [0.717, 1.165) is 31.4 Å². The Balaban J connectivity index is 1.64. The lowest BCUT2D eigenvalue weighted by Crippen LogP contribution is -2.14. The number of hydrogen-bond donors (Lipinski definition) is 2. The van der Waals surface area contributed by atoms with Crippen molar-refractivity contribution in [1.29, 1.82) is 0 Å². The first-order valence-corrected chi connectivity index (χ1v) is 9.54. The number of amides is 1. The molecule has 0 saturated heterocycles. The van der Waals surface area contributed by atoms with Gasteiger partial charge in [0.25, 0.3) is 0 Å². The average Bonchev–Trinajstić information content (AvgIpc) is 2.98. The van der Waals surface area contributed by atoms with Gasteiger partial charge in [-0.2, -0.15) is 0 Å². The second-order valence-electron chi connectivity index (χ2n) is 4.89. The van der Waals surface area contributed by atoms with Crippen LogP contribution in [-0.2, 0) is 4.79 Å². The highest BCUT2D eigenvalue weighted by atomic mass is 79.9. The van der Waals surface area contributed by atoms with Crippen LogP contribution in [-0.4, -0.2) is 28.7 Å². The molecule has 2 aromatic carbocycles. The normalized spacial score (nSPS) is 10.8. The molecule has 0 saturated carbocycles. The van der Waals surface area contributed by atoms with Crippen molar-refractivity contribution >= 4 is 66.2 Å². The summed E-state index contributed by atoms with van der Waals surface area (Å²) in [6, 6.07) is 11.2. The maximum absolute atomic E-state index is 12.1. The number of H-pyrrole nitrogens is 1. The molecule has 1 aromatic heterocycles.